The molecular formula is C27H31FN4O3S. The fourth-order valence-electron chi connectivity index (χ4n) is 5.24. The van der Waals surface area contributed by atoms with Crippen LogP contribution in [0, 0.1) is 0 Å². The number of nitrogens with one attached hydrogen (secondary N) is 1. The number of anilines is 1. The van der Waals surface area contributed by atoms with Gasteiger partial charge in [0.05, 0.1) is 10.9 Å². The number of carbonyl (C=O) groups is 1. The summed E-state index contributed by atoms with van der Waals surface area (Å²) in [5, 5.41) is 2.17. The molecule has 5 rings (SSSR count). The van der Waals surface area contributed by atoms with Gasteiger partial charge < -0.3 is 15.1 Å². The van der Waals surface area contributed by atoms with Crippen LogP contribution in [0.4, 0.5) is 10.2 Å². The Balaban J connectivity index is 1.15. The number of sulfone groups is 1. The van der Waals surface area contributed by atoms with Gasteiger partial charge in [-0.3, -0.25) is 4.79 Å². The zero-order valence-electron chi connectivity index (χ0n) is 20.3. The number of aromatic nitrogens is 1. The van der Waals surface area contributed by atoms with Crippen molar-refractivity contribution in [2.45, 2.75) is 43.0 Å². The van der Waals surface area contributed by atoms with Crippen LogP contribution in [-0.2, 0) is 14.6 Å². The van der Waals surface area contributed by atoms with Crippen LogP contribution in [0.5, 0.6) is 0 Å². The molecule has 3 heterocycles. The van der Waals surface area contributed by atoms with Crippen LogP contribution in [0.2, 0.25) is 0 Å². The van der Waals surface area contributed by atoms with Crippen LogP contribution in [0.25, 0.3) is 11.1 Å². The molecule has 0 bridgehead atoms. The molecule has 2 atom stereocenters. The summed E-state index contributed by atoms with van der Waals surface area (Å²) in [6.07, 6.45) is 8.07. The van der Waals surface area contributed by atoms with Crippen LogP contribution in [-0.4, -0.2) is 67.4 Å². The monoisotopic (exact) mass is 510 g/mol. The molecule has 0 saturated carbocycles. The maximum atomic E-state index is 14.6. The Kier molecular flexibility index (Phi) is 6.83. The normalized spacial score (nSPS) is 23.4. The summed E-state index contributed by atoms with van der Waals surface area (Å²) in [7, 11) is -3.36. The summed E-state index contributed by atoms with van der Waals surface area (Å²) in [4.78, 5) is 22.0. The smallest absolute Gasteiger partial charge is 0.245 e. The highest BCUT2D eigenvalue weighted by Crippen LogP contribution is 2.28. The molecule has 0 radical (unpaired) electrons. The fourth-order valence-corrected chi connectivity index (χ4v) is 6.05. The lowest BCUT2D eigenvalue weighted by Gasteiger charge is -2.37. The van der Waals surface area contributed by atoms with Gasteiger partial charge >= 0.3 is 0 Å². The number of hydrogen-bond donors (Lipinski definition) is 1. The molecule has 9 heteroatoms. The Bertz CT molecular complexity index is 1270. The number of benzene rings is 1. The lowest BCUT2D eigenvalue weighted by Crippen LogP contribution is -2.48. The third-order valence-electron chi connectivity index (χ3n) is 7.35. The van der Waals surface area contributed by atoms with Gasteiger partial charge in [0.1, 0.15) is 17.7 Å². The number of halogens is 1. The van der Waals surface area contributed by atoms with Crippen LogP contribution in [0.1, 0.15) is 25.7 Å². The average molecular weight is 511 g/mol. The molecule has 1 aliphatic carbocycles. The Morgan fingerprint density at radius 3 is 2.39 bits per heavy atom. The van der Waals surface area contributed by atoms with Crippen molar-refractivity contribution < 1.29 is 17.6 Å². The van der Waals surface area contributed by atoms with E-state index >= 15 is 0 Å². The van der Waals surface area contributed by atoms with Gasteiger partial charge in [-0.15, -0.1) is 0 Å². The van der Waals surface area contributed by atoms with Gasteiger partial charge in [0.15, 0.2) is 9.84 Å². The number of piperidine rings is 1. The zero-order chi connectivity index (χ0) is 25.3. The molecule has 36 heavy (non-hydrogen) atoms. The minimum atomic E-state index is -3.36. The lowest BCUT2D eigenvalue weighted by atomic mass is 10.0. The number of carbonyl (C=O) groups excluding carboxylic acids is 1. The Morgan fingerprint density at radius 1 is 1.00 bits per heavy atom. The van der Waals surface area contributed by atoms with E-state index in [0.717, 1.165) is 49.1 Å². The number of likely N-dealkylation sites (tertiary alicyclic amines) is 1. The fraction of sp³-hybridized carbons (Fsp3) is 0.407. The Morgan fingerprint density at radius 2 is 1.75 bits per heavy atom. The van der Waals surface area contributed by atoms with Crippen molar-refractivity contribution in [3.05, 3.63) is 72.3 Å². The van der Waals surface area contributed by atoms with Crippen molar-refractivity contribution in [3.63, 3.8) is 0 Å². The molecule has 7 nitrogen and oxygen atoms in total. The largest absolute Gasteiger partial charge is 0.372 e. The second-order valence-electron chi connectivity index (χ2n) is 9.76. The highest BCUT2D eigenvalue weighted by atomic mass is 32.2. The average Bonchev–Trinajstić information content (AvgIpc) is 3.25. The first kappa shape index (κ1) is 24.5. The van der Waals surface area contributed by atoms with Gasteiger partial charge in [-0.1, -0.05) is 36.4 Å². The first-order valence-corrected chi connectivity index (χ1v) is 14.3. The third kappa shape index (κ3) is 5.16. The topological polar surface area (TPSA) is 82.6 Å². The third-order valence-corrected chi connectivity index (χ3v) is 8.78. The van der Waals surface area contributed by atoms with E-state index in [1.165, 1.54) is 12.2 Å². The molecule has 190 valence electrons. The van der Waals surface area contributed by atoms with E-state index in [1.54, 1.807) is 0 Å². The quantitative estimate of drug-likeness (QED) is 0.641. The Hall–Kier alpha value is -3.20. The van der Waals surface area contributed by atoms with E-state index in [0.29, 0.717) is 13.0 Å². The number of hydrogen-bond acceptors (Lipinski definition) is 6. The van der Waals surface area contributed by atoms with Crippen LogP contribution in [0.3, 0.4) is 0 Å². The summed E-state index contributed by atoms with van der Waals surface area (Å²) in [6.45, 7) is 2.27. The van der Waals surface area contributed by atoms with E-state index in [-0.39, 0.29) is 24.1 Å². The van der Waals surface area contributed by atoms with Crippen molar-refractivity contribution in [2.75, 3.05) is 30.8 Å². The van der Waals surface area contributed by atoms with Crippen molar-refractivity contribution in [2.24, 2.45) is 0 Å². The van der Waals surface area contributed by atoms with Gasteiger partial charge in [-0.2, -0.15) is 0 Å². The standard InChI is InChI=1S/C27H31FN4O3S/c1-36(34,35)22-8-9-24(23(28)17-22)30-25-13-16-32(27(25)33)21-11-14-31(15-12-21)26-10-7-20(18-29-26)19-5-3-2-4-6-19/h2-10,18,21-22,25,30H,11-17H2,1H3. The summed E-state index contributed by atoms with van der Waals surface area (Å²) in [6, 6.07) is 14.0. The number of rotatable bonds is 6. The van der Waals surface area contributed by atoms with Crippen molar-refractivity contribution >= 4 is 21.6 Å². The first-order chi connectivity index (χ1) is 17.3. The van der Waals surface area contributed by atoms with Crippen LogP contribution < -0.4 is 10.2 Å². The molecule has 2 saturated heterocycles. The van der Waals surface area contributed by atoms with Crippen molar-refractivity contribution in [1.29, 1.82) is 0 Å². The van der Waals surface area contributed by atoms with E-state index in [2.05, 4.69) is 39.5 Å². The number of pyridine rings is 1. The summed E-state index contributed by atoms with van der Waals surface area (Å²) in [5.74, 6) is 0.412. The van der Waals surface area contributed by atoms with Gasteiger partial charge in [-0.25, -0.2) is 17.8 Å². The Labute approximate surface area is 211 Å². The van der Waals surface area contributed by atoms with Gasteiger partial charge in [0.2, 0.25) is 5.91 Å². The molecule has 1 amide bonds. The van der Waals surface area contributed by atoms with E-state index in [4.69, 9.17) is 0 Å². The molecule has 2 aliphatic heterocycles. The summed E-state index contributed by atoms with van der Waals surface area (Å²) >= 11 is 0. The predicted octanol–water partition coefficient (Wildman–Crippen LogP) is 3.46. The van der Waals surface area contributed by atoms with Crippen molar-refractivity contribution in [1.82, 2.24) is 15.2 Å². The highest BCUT2D eigenvalue weighted by molar-refractivity contribution is 7.91. The van der Waals surface area contributed by atoms with Crippen molar-refractivity contribution in [3.8, 4) is 11.1 Å². The molecule has 1 aromatic heterocycles. The maximum Gasteiger partial charge on any atom is 0.245 e. The van der Waals surface area contributed by atoms with Gasteiger partial charge in [0, 0.05) is 50.1 Å². The molecule has 0 spiro atoms. The summed E-state index contributed by atoms with van der Waals surface area (Å²) < 4.78 is 38.0. The molecule has 2 aromatic rings. The second kappa shape index (κ2) is 10.0. The lowest BCUT2D eigenvalue weighted by molar-refractivity contribution is -0.131. The van der Waals surface area contributed by atoms with E-state index < -0.39 is 27.0 Å². The summed E-state index contributed by atoms with van der Waals surface area (Å²) in [5.41, 5.74) is 2.44. The number of nitrogens with zero attached hydrogens (tertiary/aromatic N) is 3. The van der Waals surface area contributed by atoms with E-state index in [1.807, 2.05) is 29.3 Å². The van der Waals surface area contributed by atoms with Crippen LogP contribution >= 0.6 is 0 Å². The highest BCUT2D eigenvalue weighted by Gasteiger charge is 2.38. The molecular weight excluding hydrogens is 479 g/mol. The molecule has 3 aliphatic rings. The maximum absolute atomic E-state index is 14.6. The predicted molar refractivity (Wildman–Crippen MR) is 139 cm³/mol. The second-order valence-corrected chi connectivity index (χ2v) is 12.0. The molecule has 2 fully saturated rings. The molecule has 1 aromatic carbocycles. The van der Waals surface area contributed by atoms with E-state index in [9.17, 15) is 17.6 Å². The zero-order valence-corrected chi connectivity index (χ0v) is 21.1. The SMILES string of the molecule is CS(=O)(=O)C1C=CC(NC2CCN(C3CCN(c4ccc(-c5ccccc5)cn4)CC3)C2=O)=C(F)C1. The minimum absolute atomic E-state index is 0.0160. The van der Waals surface area contributed by atoms with Gasteiger partial charge in [-0.05, 0) is 43.0 Å². The molecule has 2 unspecified atom stereocenters. The minimum Gasteiger partial charge on any atom is -0.372 e. The number of allylic oxidation sites excluding steroid dienone is 2. The number of amides is 1. The first-order valence-electron chi connectivity index (χ1n) is 12.4. The molecule has 1 N–H and O–H groups in total. The van der Waals surface area contributed by atoms with Gasteiger partial charge in [0.25, 0.3) is 0 Å². The van der Waals surface area contributed by atoms with Crippen LogP contribution in [0.15, 0.2) is 72.3 Å².